The summed E-state index contributed by atoms with van der Waals surface area (Å²) in [5.74, 6) is 0.561. The third-order valence-corrected chi connectivity index (χ3v) is 5.12. The maximum Gasteiger partial charge on any atom is 0.0897 e. The number of hydrogen-bond acceptors (Lipinski definition) is 3. The second-order valence-electron chi connectivity index (χ2n) is 5.25. The van der Waals surface area contributed by atoms with Crippen molar-refractivity contribution in [1.82, 2.24) is 9.88 Å². The molecule has 1 saturated heterocycles. The lowest BCUT2D eigenvalue weighted by molar-refractivity contribution is 0.326. The van der Waals surface area contributed by atoms with Crippen LogP contribution in [-0.2, 0) is 6.54 Å². The fraction of sp³-hybridized carbons (Fsp3) is 0.400. The van der Waals surface area contributed by atoms with Gasteiger partial charge in [-0.3, -0.25) is 4.90 Å². The number of halogens is 2. The molecule has 20 heavy (non-hydrogen) atoms. The van der Waals surface area contributed by atoms with Crippen LogP contribution < -0.4 is 0 Å². The van der Waals surface area contributed by atoms with E-state index in [1.165, 1.54) is 12.1 Å². The van der Waals surface area contributed by atoms with Gasteiger partial charge in [0.05, 0.1) is 10.7 Å². The highest BCUT2D eigenvalue weighted by Crippen LogP contribution is 2.30. The molecule has 1 aromatic carbocycles. The molecule has 5 heteroatoms. The van der Waals surface area contributed by atoms with Gasteiger partial charge < -0.3 is 0 Å². The third kappa shape index (κ3) is 3.17. The Morgan fingerprint density at radius 3 is 2.95 bits per heavy atom. The number of aryl methyl sites for hydroxylation is 1. The van der Waals surface area contributed by atoms with E-state index in [0.29, 0.717) is 10.9 Å². The zero-order chi connectivity index (χ0) is 14.1. The Morgan fingerprint density at radius 2 is 2.25 bits per heavy atom. The summed E-state index contributed by atoms with van der Waals surface area (Å²) in [6, 6.07) is 5.74. The molecule has 1 atom stereocenters. The number of benzene rings is 1. The van der Waals surface area contributed by atoms with Gasteiger partial charge in [-0.1, -0.05) is 29.3 Å². The lowest BCUT2D eigenvalue weighted by Crippen LogP contribution is -2.20. The topological polar surface area (TPSA) is 16.1 Å². The van der Waals surface area contributed by atoms with E-state index in [1.54, 1.807) is 11.3 Å². The van der Waals surface area contributed by atoms with Gasteiger partial charge >= 0.3 is 0 Å². The molecule has 1 fully saturated rings. The summed E-state index contributed by atoms with van der Waals surface area (Å²) < 4.78 is 0. The first kappa shape index (κ1) is 14.3. The molecule has 1 unspecified atom stereocenters. The van der Waals surface area contributed by atoms with Gasteiger partial charge in [0.2, 0.25) is 0 Å². The van der Waals surface area contributed by atoms with E-state index >= 15 is 0 Å². The van der Waals surface area contributed by atoms with Gasteiger partial charge in [-0.15, -0.1) is 11.3 Å². The highest BCUT2D eigenvalue weighted by molar-refractivity contribution is 7.09. The molecule has 0 aliphatic carbocycles. The summed E-state index contributed by atoms with van der Waals surface area (Å²) in [5.41, 5.74) is 2.39. The Kier molecular flexibility index (Phi) is 4.32. The summed E-state index contributed by atoms with van der Waals surface area (Å²) in [5, 5.41) is 4.79. The summed E-state index contributed by atoms with van der Waals surface area (Å²) in [4.78, 5) is 7.05. The fourth-order valence-corrected chi connectivity index (χ4v) is 3.84. The second-order valence-corrected chi connectivity index (χ2v) is 7.15. The van der Waals surface area contributed by atoms with Gasteiger partial charge in [-0.25, -0.2) is 4.98 Å². The summed E-state index contributed by atoms with van der Waals surface area (Å²) >= 11 is 13.9. The minimum Gasteiger partial charge on any atom is -0.298 e. The zero-order valence-electron chi connectivity index (χ0n) is 11.3. The molecular weight excluding hydrogens is 311 g/mol. The smallest absolute Gasteiger partial charge is 0.0897 e. The van der Waals surface area contributed by atoms with Crippen LogP contribution in [0, 0.1) is 6.92 Å². The molecule has 0 saturated carbocycles. The molecule has 1 aliphatic heterocycles. The molecule has 106 valence electrons. The first-order valence-corrected chi connectivity index (χ1v) is 8.33. The quantitative estimate of drug-likeness (QED) is 0.809. The first-order valence-electron chi connectivity index (χ1n) is 6.70. The third-order valence-electron chi connectivity index (χ3n) is 3.74. The molecule has 2 heterocycles. The zero-order valence-corrected chi connectivity index (χ0v) is 13.6. The number of aromatic nitrogens is 1. The van der Waals surface area contributed by atoms with Crippen LogP contribution >= 0.6 is 34.5 Å². The average Bonchev–Trinajstić information content (AvgIpc) is 3.02. The standard InChI is InChI=1S/C15H16Cl2N2S/c1-10-18-15(9-20-10)12-4-5-19(8-12)7-11-2-3-13(16)6-14(11)17/h2-3,6,9,12H,4-5,7-8H2,1H3. The van der Waals surface area contributed by atoms with Crippen molar-refractivity contribution in [1.29, 1.82) is 0 Å². The van der Waals surface area contributed by atoms with E-state index < -0.39 is 0 Å². The molecule has 0 radical (unpaired) electrons. The number of likely N-dealkylation sites (tertiary alicyclic amines) is 1. The van der Waals surface area contributed by atoms with Crippen molar-refractivity contribution in [2.45, 2.75) is 25.8 Å². The Morgan fingerprint density at radius 1 is 1.40 bits per heavy atom. The van der Waals surface area contributed by atoms with Crippen LogP contribution in [-0.4, -0.2) is 23.0 Å². The van der Waals surface area contributed by atoms with E-state index in [9.17, 15) is 0 Å². The van der Waals surface area contributed by atoms with Crippen molar-refractivity contribution in [3.8, 4) is 0 Å². The number of nitrogens with zero attached hydrogens (tertiary/aromatic N) is 2. The number of hydrogen-bond donors (Lipinski definition) is 0. The second kappa shape index (κ2) is 6.02. The summed E-state index contributed by atoms with van der Waals surface area (Å²) in [7, 11) is 0. The summed E-state index contributed by atoms with van der Waals surface area (Å²) in [6.07, 6.45) is 1.17. The van der Waals surface area contributed by atoms with Gasteiger partial charge in [-0.05, 0) is 37.6 Å². The molecule has 0 bridgehead atoms. The van der Waals surface area contributed by atoms with Crippen LogP contribution in [0.4, 0.5) is 0 Å². The number of rotatable bonds is 3. The van der Waals surface area contributed by atoms with E-state index in [-0.39, 0.29) is 0 Å². The molecule has 0 N–H and O–H groups in total. The molecule has 1 aromatic heterocycles. The van der Waals surface area contributed by atoms with Crippen molar-refractivity contribution in [3.05, 3.63) is 49.9 Å². The monoisotopic (exact) mass is 326 g/mol. The van der Waals surface area contributed by atoms with Crippen molar-refractivity contribution in [2.75, 3.05) is 13.1 Å². The largest absolute Gasteiger partial charge is 0.298 e. The Labute approximate surface area is 133 Å². The Hall–Kier alpha value is -0.610. The Balaban J connectivity index is 1.65. The summed E-state index contributed by atoms with van der Waals surface area (Å²) in [6.45, 7) is 5.10. The first-order chi connectivity index (χ1) is 9.61. The Bertz CT molecular complexity index is 612. The molecular formula is C15H16Cl2N2S. The van der Waals surface area contributed by atoms with Crippen molar-refractivity contribution in [2.24, 2.45) is 0 Å². The van der Waals surface area contributed by atoms with Crippen molar-refractivity contribution < 1.29 is 0 Å². The van der Waals surface area contributed by atoms with Gasteiger partial charge in [-0.2, -0.15) is 0 Å². The van der Waals surface area contributed by atoms with E-state index in [4.69, 9.17) is 23.2 Å². The van der Waals surface area contributed by atoms with Crippen molar-refractivity contribution >= 4 is 34.5 Å². The highest BCUT2D eigenvalue weighted by atomic mass is 35.5. The van der Waals surface area contributed by atoms with E-state index in [2.05, 4.69) is 22.2 Å². The van der Waals surface area contributed by atoms with Gasteiger partial charge in [0, 0.05) is 34.4 Å². The molecule has 0 amide bonds. The molecule has 2 aromatic rings. The predicted octanol–water partition coefficient (Wildman–Crippen LogP) is 4.75. The maximum absolute atomic E-state index is 6.24. The molecule has 3 rings (SSSR count). The van der Waals surface area contributed by atoms with Gasteiger partial charge in [0.1, 0.15) is 0 Å². The van der Waals surface area contributed by atoms with Crippen LogP contribution in [0.1, 0.15) is 28.6 Å². The highest BCUT2D eigenvalue weighted by Gasteiger charge is 2.25. The predicted molar refractivity (Wildman–Crippen MR) is 85.9 cm³/mol. The van der Waals surface area contributed by atoms with Crippen LogP contribution in [0.15, 0.2) is 23.6 Å². The van der Waals surface area contributed by atoms with Crippen LogP contribution in [0.3, 0.4) is 0 Å². The molecule has 1 aliphatic rings. The van der Waals surface area contributed by atoms with Crippen LogP contribution in [0.5, 0.6) is 0 Å². The average molecular weight is 327 g/mol. The minimum atomic E-state index is 0.561. The van der Waals surface area contributed by atoms with E-state index in [0.717, 1.165) is 35.2 Å². The lowest BCUT2D eigenvalue weighted by Gasteiger charge is -2.16. The SMILES string of the molecule is Cc1nc(C2CCN(Cc3ccc(Cl)cc3Cl)C2)cs1. The minimum absolute atomic E-state index is 0.561. The van der Waals surface area contributed by atoms with Gasteiger partial charge in [0.15, 0.2) is 0 Å². The molecule has 2 nitrogen and oxygen atoms in total. The van der Waals surface area contributed by atoms with Crippen molar-refractivity contribution in [3.63, 3.8) is 0 Å². The van der Waals surface area contributed by atoms with Crippen LogP contribution in [0.2, 0.25) is 10.0 Å². The maximum atomic E-state index is 6.24. The van der Waals surface area contributed by atoms with Gasteiger partial charge in [0.25, 0.3) is 0 Å². The lowest BCUT2D eigenvalue weighted by atomic mass is 10.1. The van der Waals surface area contributed by atoms with Crippen LogP contribution in [0.25, 0.3) is 0 Å². The molecule has 0 spiro atoms. The normalized spacial score (nSPS) is 19.6. The fourth-order valence-electron chi connectivity index (χ4n) is 2.68. The number of thiazole rings is 1. The van der Waals surface area contributed by atoms with E-state index in [1.807, 2.05) is 18.2 Å².